The van der Waals surface area contributed by atoms with Crippen LogP contribution in [-0.2, 0) is 14.4 Å². The Morgan fingerprint density at radius 3 is 2.20 bits per heavy atom. The van der Waals surface area contributed by atoms with Crippen LogP contribution < -0.4 is 0 Å². The summed E-state index contributed by atoms with van der Waals surface area (Å²) in [5.41, 5.74) is 0. The lowest BCUT2D eigenvalue weighted by Gasteiger charge is -2.32. The van der Waals surface area contributed by atoms with Crippen molar-refractivity contribution in [3.8, 4) is 0 Å². The van der Waals surface area contributed by atoms with E-state index in [1.54, 1.807) is 4.90 Å². The van der Waals surface area contributed by atoms with Crippen molar-refractivity contribution in [2.75, 3.05) is 32.7 Å². The highest BCUT2D eigenvalue weighted by atomic mass is 16.4. The number of amides is 1. The molecule has 1 saturated heterocycles. The molecule has 7 nitrogen and oxygen atoms in total. The maximum Gasteiger partial charge on any atom is 0.317 e. The molecule has 1 amide bonds. The minimum atomic E-state index is -1.06. The molecule has 0 radical (unpaired) electrons. The van der Waals surface area contributed by atoms with Gasteiger partial charge in [0.25, 0.3) is 0 Å². The number of nitrogens with zero attached hydrogens (tertiary/aromatic N) is 2. The number of carbonyl (C=O) groups is 3. The van der Waals surface area contributed by atoms with Crippen LogP contribution in [0.1, 0.15) is 26.2 Å². The summed E-state index contributed by atoms with van der Waals surface area (Å²) in [4.78, 5) is 36.5. The lowest BCUT2D eigenvalue weighted by Crippen LogP contribution is -2.45. The molecule has 1 aliphatic heterocycles. The molecule has 1 rings (SSSR count). The van der Waals surface area contributed by atoms with Crippen LogP contribution in [0.2, 0.25) is 0 Å². The second-order valence-corrected chi connectivity index (χ2v) is 5.31. The zero-order valence-electron chi connectivity index (χ0n) is 11.7. The number of carboxylic acids is 2. The van der Waals surface area contributed by atoms with Gasteiger partial charge in [0.15, 0.2) is 0 Å². The Morgan fingerprint density at radius 2 is 1.70 bits per heavy atom. The molecule has 0 aromatic carbocycles. The van der Waals surface area contributed by atoms with Crippen molar-refractivity contribution in [2.45, 2.75) is 26.2 Å². The molecule has 7 heteroatoms. The van der Waals surface area contributed by atoms with Gasteiger partial charge in [-0.1, -0.05) is 6.92 Å². The number of hydrogen-bond donors (Lipinski definition) is 2. The summed E-state index contributed by atoms with van der Waals surface area (Å²) in [7, 11) is 0. The summed E-state index contributed by atoms with van der Waals surface area (Å²) in [5, 5.41) is 17.4. The van der Waals surface area contributed by atoms with Gasteiger partial charge in [-0.15, -0.1) is 0 Å². The number of likely N-dealkylation sites (tertiary alicyclic amines) is 1. The van der Waals surface area contributed by atoms with Crippen molar-refractivity contribution in [1.29, 1.82) is 0 Å². The Bertz CT molecular complexity index is 364. The van der Waals surface area contributed by atoms with Crippen LogP contribution in [0.25, 0.3) is 0 Å². The molecule has 0 aromatic rings. The first-order valence-electron chi connectivity index (χ1n) is 6.82. The van der Waals surface area contributed by atoms with Crippen LogP contribution in [0, 0.1) is 5.92 Å². The summed E-state index contributed by atoms with van der Waals surface area (Å²) in [5.74, 6) is -1.57. The van der Waals surface area contributed by atoms with Crippen LogP contribution in [0.15, 0.2) is 0 Å². The van der Waals surface area contributed by atoms with Crippen molar-refractivity contribution in [3.63, 3.8) is 0 Å². The zero-order valence-corrected chi connectivity index (χ0v) is 11.7. The molecule has 0 spiro atoms. The number of carboxylic acid groups (broad SMARTS) is 2. The highest BCUT2D eigenvalue weighted by Crippen LogP contribution is 2.16. The molecule has 20 heavy (non-hydrogen) atoms. The fourth-order valence-electron chi connectivity index (χ4n) is 2.21. The van der Waals surface area contributed by atoms with Crippen molar-refractivity contribution in [2.24, 2.45) is 5.92 Å². The van der Waals surface area contributed by atoms with E-state index in [2.05, 4.69) is 6.92 Å². The van der Waals surface area contributed by atoms with E-state index in [4.69, 9.17) is 10.2 Å². The molecule has 114 valence electrons. The van der Waals surface area contributed by atoms with Gasteiger partial charge >= 0.3 is 11.9 Å². The Kier molecular flexibility index (Phi) is 6.44. The van der Waals surface area contributed by atoms with Gasteiger partial charge in [-0.3, -0.25) is 19.3 Å². The van der Waals surface area contributed by atoms with Crippen LogP contribution in [0.5, 0.6) is 0 Å². The predicted molar refractivity (Wildman–Crippen MR) is 71.3 cm³/mol. The number of aliphatic carboxylic acids is 2. The van der Waals surface area contributed by atoms with Gasteiger partial charge in [0, 0.05) is 19.6 Å². The molecule has 2 N–H and O–H groups in total. The summed E-state index contributed by atoms with van der Waals surface area (Å²) < 4.78 is 0. The zero-order chi connectivity index (χ0) is 15.1. The highest BCUT2D eigenvalue weighted by molar-refractivity contribution is 5.79. The summed E-state index contributed by atoms with van der Waals surface area (Å²) >= 11 is 0. The lowest BCUT2D eigenvalue weighted by molar-refractivity contribution is -0.143. The largest absolute Gasteiger partial charge is 0.481 e. The van der Waals surface area contributed by atoms with Crippen molar-refractivity contribution in [1.82, 2.24) is 9.80 Å². The standard InChI is InChI=1S/C13H22N2O5/c1-10-2-6-15(7-3-10)11(16)8-14(9-13(19)20)5-4-12(17)18/h10H,2-9H2,1H3,(H,17,18)(H,19,20). The van der Waals surface area contributed by atoms with Crippen LogP contribution in [-0.4, -0.2) is 70.6 Å². The molecule has 1 fully saturated rings. The average molecular weight is 286 g/mol. The first-order valence-corrected chi connectivity index (χ1v) is 6.82. The van der Waals surface area contributed by atoms with Crippen molar-refractivity contribution < 1.29 is 24.6 Å². The number of carbonyl (C=O) groups excluding carboxylic acids is 1. The van der Waals surface area contributed by atoms with E-state index in [0.29, 0.717) is 19.0 Å². The van der Waals surface area contributed by atoms with E-state index in [-0.39, 0.29) is 32.0 Å². The molecule has 0 aliphatic carbocycles. The molecule has 0 bridgehead atoms. The third-order valence-corrected chi connectivity index (χ3v) is 3.50. The topological polar surface area (TPSA) is 98.2 Å². The minimum absolute atomic E-state index is 0.0338. The van der Waals surface area contributed by atoms with Gasteiger partial charge in [0.2, 0.25) is 5.91 Å². The van der Waals surface area contributed by atoms with Crippen LogP contribution in [0.4, 0.5) is 0 Å². The van der Waals surface area contributed by atoms with Gasteiger partial charge in [-0.25, -0.2) is 0 Å². The van der Waals surface area contributed by atoms with E-state index in [9.17, 15) is 14.4 Å². The Labute approximate surface area is 118 Å². The summed E-state index contributed by atoms with van der Waals surface area (Å²) in [6, 6.07) is 0. The fourth-order valence-corrected chi connectivity index (χ4v) is 2.21. The first-order chi connectivity index (χ1) is 9.38. The molecule has 1 aliphatic rings. The molecule has 0 unspecified atom stereocenters. The van der Waals surface area contributed by atoms with Crippen LogP contribution >= 0.6 is 0 Å². The third-order valence-electron chi connectivity index (χ3n) is 3.50. The summed E-state index contributed by atoms with van der Waals surface area (Å²) in [6.45, 7) is 3.25. The van der Waals surface area contributed by atoms with E-state index < -0.39 is 11.9 Å². The normalized spacial score (nSPS) is 16.4. The highest BCUT2D eigenvalue weighted by Gasteiger charge is 2.23. The maximum atomic E-state index is 12.1. The Hall–Kier alpha value is -1.63. The van der Waals surface area contributed by atoms with Crippen LogP contribution in [0.3, 0.4) is 0 Å². The second kappa shape index (κ2) is 7.84. The molecule has 0 aromatic heterocycles. The average Bonchev–Trinajstić information content (AvgIpc) is 2.36. The van der Waals surface area contributed by atoms with E-state index in [1.165, 1.54) is 4.90 Å². The van der Waals surface area contributed by atoms with E-state index in [1.807, 2.05) is 0 Å². The van der Waals surface area contributed by atoms with Crippen molar-refractivity contribution >= 4 is 17.8 Å². The third kappa shape index (κ3) is 6.01. The van der Waals surface area contributed by atoms with Gasteiger partial charge in [-0.2, -0.15) is 0 Å². The second-order valence-electron chi connectivity index (χ2n) is 5.31. The maximum absolute atomic E-state index is 12.1. The van der Waals surface area contributed by atoms with Gasteiger partial charge in [-0.05, 0) is 18.8 Å². The molecule has 0 atom stereocenters. The number of rotatable bonds is 7. The smallest absolute Gasteiger partial charge is 0.317 e. The monoisotopic (exact) mass is 286 g/mol. The molecular weight excluding hydrogens is 264 g/mol. The molecule has 1 heterocycles. The van der Waals surface area contributed by atoms with Gasteiger partial charge < -0.3 is 15.1 Å². The minimum Gasteiger partial charge on any atom is -0.481 e. The molecule has 0 saturated carbocycles. The SMILES string of the molecule is CC1CCN(C(=O)CN(CCC(=O)O)CC(=O)O)CC1. The van der Waals surface area contributed by atoms with E-state index in [0.717, 1.165) is 12.8 Å². The summed E-state index contributed by atoms with van der Waals surface area (Å²) in [6.07, 6.45) is 1.75. The van der Waals surface area contributed by atoms with Gasteiger partial charge in [0.05, 0.1) is 19.5 Å². The predicted octanol–water partition coefficient (Wildman–Crippen LogP) is 0.106. The molecular formula is C13H22N2O5. The van der Waals surface area contributed by atoms with Crippen molar-refractivity contribution in [3.05, 3.63) is 0 Å². The fraction of sp³-hybridized carbons (Fsp3) is 0.769. The first kappa shape index (κ1) is 16.4. The Morgan fingerprint density at radius 1 is 1.10 bits per heavy atom. The quantitative estimate of drug-likeness (QED) is 0.689. The lowest BCUT2D eigenvalue weighted by atomic mass is 9.99. The number of hydrogen-bond acceptors (Lipinski definition) is 4. The van der Waals surface area contributed by atoms with Gasteiger partial charge in [0.1, 0.15) is 0 Å². The Balaban J connectivity index is 2.47. The number of piperidine rings is 1. The van der Waals surface area contributed by atoms with E-state index >= 15 is 0 Å².